The molecule has 1 spiro atoms. The van der Waals surface area contributed by atoms with Crippen molar-refractivity contribution in [3.8, 4) is 11.5 Å². The molecule has 0 unspecified atom stereocenters. The molecule has 4 heterocycles. The van der Waals surface area contributed by atoms with Crippen LogP contribution in [0.4, 0.5) is 8.78 Å². The minimum absolute atomic E-state index is 0.0243. The number of nitrogens with zero attached hydrogens (tertiary/aromatic N) is 2. The van der Waals surface area contributed by atoms with Crippen molar-refractivity contribution in [2.75, 3.05) is 13.7 Å². The first-order valence-corrected chi connectivity index (χ1v) is 22.9. The number of nitrogens with one attached hydrogen (secondary N) is 2. The second kappa shape index (κ2) is 15.2. The molecule has 3 aliphatic carbocycles. The molecule has 8 rings (SSSR count). The highest BCUT2D eigenvalue weighted by molar-refractivity contribution is 7.91. The van der Waals surface area contributed by atoms with E-state index in [1.165, 1.54) is 18.1 Å². The fourth-order valence-electron chi connectivity index (χ4n) is 9.13. The zero-order valence-corrected chi connectivity index (χ0v) is 35.8. The molecular weight excluding hydrogens is 799 g/mol. The molecule has 2 N–H and O–H groups in total. The van der Waals surface area contributed by atoms with Crippen LogP contribution in [0.2, 0.25) is 0 Å². The molecule has 1 aromatic heterocycles. The number of carbonyl (C=O) groups excluding carboxylic acids is 4. The van der Waals surface area contributed by atoms with E-state index in [1.54, 1.807) is 26.0 Å². The topological polar surface area (TPSA) is 170 Å². The van der Waals surface area contributed by atoms with Gasteiger partial charge in [-0.1, -0.05) is 38.8 Å². The highest BCUT2D eigenvalue weighted by Crippen LogP contribution is 2.58. The quantitative estimate of drug-likeness (QED) is 0.215. The Morgan fingerprint density at radius 2 is 1.83 bits per heavy atom. The van der Waals surface area contributed by atoms with E-state index in [1.807, 2.05) is 26.0 Å². The second-order valence-corrected chi connectivity index (χ2v) is 21.0. The Morgan fingerprint density at radius 1 is 1.08 bits per heavy atom. The first-order chi connectivity index (χ1) is 28.3. The predicted octanol–water partition coefficient (Wildman–Crippen LogP) is 6.32. The summed E-state index contributed by atoms with van der Waals surface area (Å²) in [7, 11) is -2.63. The van der Waals surface area contributed by atoms with E-state index in [2.05, 4.69) is 10.0 Å². The Morgan fingerprint density at radius 3 is 2.52 bits per heavy atom. The average molecular weight is 855 g/mol. The zero-order valence-electron chi connectivity index (χ0n) is 35.0. The van der Waals surface area contributed by atoms with E-state index in [9.17, 15) is 27.6 Å². The SMILES string of the molecule is COc1ccc2nc(C3CC3)c3c(c2c1)C(F)(F)C[C@]1(C[C@H]2C(=O)N[C@]4(C(=O)NS(=O)(=O)C5(C)CC5)C[C@H]4/C=C\CCCCC[C@H](CC(=O)O[C@@H](C)C(C)C)C(=O)N2C1)O3. The van der Waals surface area contributed by atoms with Crippen LogP contribution in [0.5, 0.6) is 11.5 Å². The maximum absolute atomic E-state index is 17.1. The summed E-state index contributed by atoms with van der Waals surface area (Å²) >= 11 is 0. The minimum atomic E-state index is -4.08. The minimum Gasteiger partial charge on any atom is -0.497 e. The molecule has 3 aliphatic heterocycles. The maximum atomic E-state index is 17.1. The number of carbonyl (C=O) groups is 4. The van der Waals surface area contributed by atoms with E-state index in [-0.39, 0.29) is 47.8 Å². The van der Waals surface area contributed by atoms with Gasteiger partial charge in [0.25, 0.3) is 11.8 Å². The van der Waals surface area contributed by atoms with Gasteiger partial charge in [-0.15, -0.1) is 0 Å². The maximum Gasteiger partial charge on any atom is 0.306 e. The molecule has 326 valence electrons. The molecule has 2 aromatic rings. The van der Waals surface area contributed by atoms with Crippen LogP contribution >= 0.6 is 0 Å². The lowest BCUT2D eigenvalue weighted by Crippen LogP contribution is -2.57. The number of esters is 1. The number of methoxy groups -OCH3 is 1. The number of aromatic nitrogens is 1. The summed E-state index contributed by atoms with van der Waals surface area (Å²) in [6, 6.07) is 3.42. The van der Waals surface area contributed by atoms with Gasteiger partial charge in [0.2, 0.25) is 21.8 Å². The fraction of sp³-hybridized carbons (Fsp3) is 0.659. The fourth-order valence-corrected chi connectivity index (χ4v) is 10.4. The van der Waals surface area contributed by atoms with Gasteiger partial charge in [-0.3, -0.25) is 23.9 Å². The van der Waals surface area contributed by atoms with Crippen molar-refractivity contribution in [1.29, 1.82) is 0 Å². The van der Waals surface area contributed by atoms with E-state index >= 15 is 8.78 Å². The van der Waals surface area contributed by atoms with Crippen LogP contribution in [-0.2, 0) is 39.9 Å². The summed E-state index contributed by atoms with van der Waals surface area (Å²) in [5.74, 6) is -7.59. The lowest BCUT2D eigenvalue weighted by atomic mass is 9.84. The largest absolute Gasteiger partial charge is 0.497 e. The molecule has 1 saturated heterocycles. The molecule has 0 radical (unpaired) electrons. The van der Waals surface area contributed by atoms with E-state index < -0.39 is 92.5 Å². The van der Waals surface area contributed by atoms with E-state index in [0.29, 0.717) is 55.5 Å². The Labute approximate surface area is 349 Å². The lowest BCUT2D eigenvalue weighted by molar-refractivity contribution is -0.155. The molecule has 13 nitrogen and oxygen atoms in total. The standard InChI is InChI=1S/C44H56F2N4O9S/c1-25(2)26(3)58-34(51)19-28-11-9-7-6-8-10-12-29-21-43(29,40(54)49-60(55,56)41(4)17-18-41)48-38(52)33-22-42(24-50(33)39(28)53)23-44(45,46)35-31-20-30(57-5)15-16-32(31)47-36(27-13-14-27)37(35)59-42/h10,12,15-16,20,25-29,33H,6-9,11,13-14,17-19,21-24H2,1-5H3,(H,48,52)(H,49,54)/b12-10-/t26-,28+,29+,33-,42-,43+/m0/s1. The Bertz CT molecular complexity index is 2240. The molecule has 0 bridgehead atoms. The van der Waals surface area contributed by atoms with Gasteiger partial charge in [-0.05, 0) is 89.3 Å². The summed E-state index contributed by atoms with van der Waals surface area (Å²) in [6.07, 6.45) is 7.14. The second-order valence-electron chi connectivity index (χ2n) is 18.8. The van der Waals surface area contributed by atoms with E-state index in [0.717, 1.165) is 19.3 Å². The number of sulfonamides is 1. The number of halogens is 2. The van der Waals surface area contributed by atoms with Gasteiger partial charge in [-0.25, -0.2) is 22.2 Å². The van der Waals surface area contributed by atoms with Crippen LogP contribution in [-0.4, -0.2) is 83.7 Å². The van der Waals surface area contributed by atoms with Crippen LogP contribution in [0, 0.1) is 17.8 Å². The van der Waals surface area contributed by atoms with Crippen LogP contribution < -0.4 is 19.5 Å². The molecule has 4 fully saturated rings. The number of alkyl halides is 2. The number of amides is 3. The first kappa shape index (κ1) is 42.4. The monoisotopic (exact) mass is 854 g/mol. The van der Waals surface area contributed by atoms with Gasteiger partial charge in [0.1, 0.15) is 29.0 Å². The number of rotatable bonds is 9. The van der Waals surface area contributed by atoms with Gasteiger partial charge < -0.3 is 24.4 Å². The van der Waals surface area contributed by atoms with Crippen molar-refractivity contribution in [2.24, 2.45) is 17.8 Å². The molecule has 3 saturated carbocycles. The highest BCUT2D eigenvalue weighted by Gasteiger charge is 2.65. The molecule has 1 aromatic carbocycles. The van der Waals surface area contributed by atoms with E-state index in [4.69, 9.17) is 19.2 Å². The molecule has 3 amide bonds. The van der Waals surface area contributed by atoms with Crippen molar-refractivity contribution in [3.63, 3.8) is 0 Å². The number of ether oxygens (including phenoxy) is 3. The van der Waals surface area contributed by atoms with Crippen molar-refractivity contribution in [1.82, 2.24) is 19.9 Å². The normalized spacial score (nSPS) is 30.7. The zero-order chi connectivity index (χ0) is 43.0. The number of allylic oxidation sites excluding steroid dienone is 1. The van der Waals surface area contributed by atoms with Gasteiger partial charge in [-0.2, -0.15) is 0 Å². The summed E-state index contributed by atoms with van der Waals surface area (Å²) in [5, 5.41) is 3.01. The smallest absolute Gasteiger partial charge is 0.306 e. The third-order valence-electron chi connectivity index (χ3n) is 13.8. The summed E-state index contributed by atoms with van der Waals surface area (Å²) in [4.78, 5) is 63.2. The van der Waals surface area contributed by atoms with Gasteiger partial charge in [0.05, 0.1) is 48.0 Å². The molecule has 6 atom stereocenters. The molecule has 6 aliphatic rings. The molecule has 16 heteroatoms. The number of fused-ring (bicyclic) bond motifs is 5. The van der Waals surface area contributed by atoms with Crippen molar-refractivity contribution >= 4 is 44.6 Å². The summed E-state index contributed by atoms with van der Waals surface area (Å²) in [6.45, 7) is 6.75. The Kier molecular flexibility index (Phi) is 10.8. The van der Waals surface area contributed by atoms with Crippen LogP contribution in [0.1, 0.15) is 128 Å². The summed E-state index contributed by atoms with van der Waals surface area (Å²) < 4.78 is 79.8. The van der Waals surface area contributed by atoms with Gasteiger partial charge in [0.15, 0.2) is 5.75 Å². The lowest BCUT2D eigenvalue weighted by Gasteiger charge is -2.40. The summed E-state index contributed by atoms with van der Waals surface area (Å²) in [5.41, 5.74) is -2.96. The third kappa shape index (κ3) is 7.85. The average Bonchev–Trinajstić information content (AvgIpc) is 4.12. The number of hydrogen-bond donors (Lipinski definition) is 2. The predicted molar refractivity (Wildman–Crippen MR) is 217 cm³/mol. The number of benzene rings is 1. The third-order valence-corrected chi connectivity index (χ3v) is 15.9. The number of hydrogen-bond acceptors (Lipinski definition) is 10. The van der Waals surface area contributed by atoms with Crippen molar-refractivity contribution < 1.29 is 50.6 Å². The van der Waals surface area contributed by atoms with Crippen LogP contribution in [0.15, 0.2) is 30.4 Å². The van der Waals surface area contributed by atoms with Gasteiger partial charge >= 0.3 is 5.97 Å². The Balaban J connectivity index is 1.18. The van der Waals surface area contributed by atoms with Crippen molar-refractivity contribution in [2.45, 2.75) is 151 Å². The molecule has 60 heavy (non-hydrogen) atoms. The van der Waals surface area contributed by atoms with Crippen LogP contribution in [0.3, 0.4) is 0 Å². The number of pyridine rings is 1. The highest BCUT2D eigenvalue weighted by atomic mass is 32.2. The van der Waals surface area contributed by atoms with Crippen LogP contribution in [0.25, 0.3) is 10.9 Å². The van der Waals surface area contributed by atoms with Gasteiger partial charge in [0, 0.05) is 29.6 Å². The van der Waals surface area contributed by atoms with Crippen molar-refractivity contribution in [3.05, 3.63) is 41.6 Å². The Hall–Kier alpha value is -4.34. The molecular formula is C44H56F2N4O9S. The first-order valence-electron chi connectivity index (χ1n) is 21.5.